The van der Waals surface area contributed by atoms with E-state index in [-0.39, 0.29) is 11.7 Å². The normalized spacial score (nSPS) is 13.1. The van der Waals surface area contributed by atoms with E-state index in [1.165, 1.54) is 18.2 Å². The van der Waals surface area contributed by atoms with Crippen LogP contribution in [0.3, 0.4) is 0 Å². The minimum Gasteiger partial charge on any atom is -0.325 e. The molecule has 1 aromatic heterocycles. The predicted molar refractivity (Wildman–Crippen MR) is 102 cm³/mol. The standard InChI is InChI=1S/C20H16FN3OS/c21-16-6-1-14(2-7-16)3-10-19(25)22-17-8-4-15(5-9-17)18-13-24-11-12-26-20(24)23-18/h1-10,13H,11-12H2,(H,22,25)/b10-3+. The highest BCUT2D eigenvalue weighted by atomic mass is 32.2. The highest BCUT2D eigenvalue weighted by molar-refractivity contribution is 7.99. The zero-order valence-electron chi connectivity index (χ0n) is 13.9. The number of benzene rings is 2. The van der Waals surface area contributed by atoms with Crippen LogP contribution in [0.15, 0.2) is 66.0 Å². The molecule has 26 heavy (non-hydrogen) atoms. The molecule has 0 unspecified atom stereocenters. The van der Waals surface area contributed by atoms with E-state index in [1.54, 1.807) is 30.0 Å². The van der Waals surface area contributed by atoms with Crippen molar-refractivity contribution in [2.24, 2.45) is 0 Å². The highest BCUT2D eigenvalue weighted by Crippen LogP contribution is 2.29. The van der Waals surface area contributed by atoms with Crippen molar-refractivity contribution in [3.8, 4) is 11.3 Å². The molecule has 0 saturated heterocycles. The molecule has 0 aliphatic carbocycles. The molecule has 1 amide bonds. The number of carbonyl (C=O) groups is 1. The maximum Gasteiger partial charge on any atom is 0.248 e. The first-order chi connectivity index (χ1) is 12.7. The lowest BCUT2D eigenvalue weighted by Gasteiger charge is -2.03. The van der Waals surface area contributed by atoms with Crippen LogP contribution in [0.5, 0.6) is 0 Å². The summed E-state index contributed by atoms with van der Waals surface area (Å²) in [4.78, 5) is 16.6. The summed E-state index contributed by atoms with van der Waals surface area (Å²) in [6.07, 6.45) is 5.14. The Hall–Kier alpha value is -2.86. The van der Waals surface area contributed by atoms with Gasteiger partial charge in [-0.2, -0.15) is 0 Å². The molecule has 2 heterocycles. The zero-order chi connectivity index (χ0) is 17.9. The average Bonchev–Trinajstić information content (AvgIpc) is 3.24. The fourth-order valence-corrected chi connectivity index (χ4v) is 3.65. The monoisotopic (exact) mass is 365 g/mol. The van der Waals surface area contributed by atoms with E-state index in [9.17, 15) is 9.18 Å². The van der Waals surface area contributed by atoms with Crippen LogP contribution in [0.4, 0.5) is 10.1 Å². The Bertz CT molecular complexity index is 940. The molecule has 6 heteroatoms. The molecule has 1 aliphatic heterocycles. The van der Waals surface area contributed by atoms with Gasteiger partial charge in [0, 0.05) is 35.8 Å². The van der Waals surface area contributed by atoms with Gasteiger partial charge in [-0.1, -0.05) is 36.0 Å². The minimum absolute atomic E-state index is 0.237. The molecular weight excluding hydrogens is 349 g/mol. The molecule has 1 N–H and O–H groups in total. The summed E-state index contributed by atoms with van der Waals surface area (Å²) in [7, 11) is 0. The molecule has 0 spiro atoms. The number of amides is 1. The lowest BCUT2D eigenvalue weighted by atomic mass is 10.1. The van der Waals surface area contributed by atoms with Crippen molar-refractivity contribution in [1.82, 2.24) is 9.55 Å². The van der Waals surface area contributed by atoms with Crippen molar-refractivity contribution in [2.45, 2.75) is 11.7 Å². The SMILES string of the molecule is O=C(/C=C/c1ccc(F)cc1)Nc1ccc(-c2cn3c(n2)SCC3)cc1. The number of nitrogens with one attached hydrogen (secondary N) is 1. The number of imidazole rings is 1. The van der Waals surface area contributed by atoms with E-state index in [0.717, 1.165) is 34.3 Å². The number of nitrogens with zero attached hydrogens (tertiary/aromatic N) is 2. The van der Waals surface area contributed by atoms with Crippen LogP contribution in [0.25, 0.3) is 17.3 Å². The maximum atomic E-state index is 12.9. The topological polar surface area (TPSA) is 46.9 Å². The van der Waals surface area contributed by atoms with Gasteiger partial charge >= 0.3 is 0 Å². The number of fused-ring (bicyclic) bond motifs is 1. The first-order valence-corrected chi connectivity index (χ1v) is 9.21. The van der Waals surface area contributed by atoms with Crippen molar-refractivity contribution in [1.29, 1.82) is 0 Å². The van der Waals surface area contributed by atoms with Crippen LogP contribution in [0, 0.1) is 5.82 Å². The van der Waals surface area contributed by atoms with Crippen molar-refractivity contribution in [3.63, 3.8) is 0 Å². The summed E-state index contributed by atoms with van der Waals surface area (Å²) < 4.78 is 15.0. The van der Waals surface area contributed by atoms with Crippen molar-refractivity contribution >= 4 is 29.4 Å². The number of rotatable bonds is 4. The minimum atomic E-state index is -0.298. The Kier molecular flexibility index (Phi) is 4.58. The molecule has 0 fully saturated rings. The quantitative estimate of drug-likeness (QED) is 0.695. The van der Waals surface area contributed by atoms with Gasteiger partial charge in [0.05, 0.1) is 5.69 Å². The Balaban J connectivity index is 1.40. The third kappa shape index (κ3) is 3.70. The molecular formula is C20H16FN3OS. The second-order valence-corrected chi connectivity index (χ2v) is 6.96. The van der Waals surface area contributed by atoms with E-state index in [1.807, 2.05) is 24.3 Å². The van der Waals surface area contributed by atoms with Crippen LogP contribution >= 0.6 is 11.8 Å². The maximum absolute atomic E-state index is 12.9. The molecule has 0 saturated carbocycles. The lowest BCUT2D eigenvalue weighted by molar-refractivity contribution is -0.111. The smallest absolute Gasteiger partial charge is 0.248 e. The highest BCUT2D eigenvalue weighted by Gasteiger charge is 2.15. The largest absolute Gasteiger partial charge is 0.325 e. The molecule has 2 aromatic carbocycles. The predicted octanol–water partition coefficient (Wildman–Crippen LogP) is 4.45. The van der Waals surface area contributed by atoms with Gasteiger partial charge in [0.2, 0.25) is 5.91 Å². The average molecular weight is 365 g/mol. The fraction of sp³-hybridized carbons (Fsp3) is 0.100. The molecule has 3 aromatic rings. The number of hydrogen-bond acceptors (Lipinski definition) is 3. The van der Waals surface area contributed by atoms with Crippen LogP contribution in [0.2, 0.25) is 0 Å². The van der Waals surface area contributed by atoms with Crippen LogP contribution < -0.4 is 5.32 Å². The first kappa shape index (κ1) is 16.6. The van der Waals surface area contributed by atoms with Gasteiger partial charge < -0.3 is 9.88 Å². The van der Waals surface area contributed by atoms with Crippen LogP contribution in [-0.4, -0.2) is 21.2 Å². The van der Waals surface area contributed by atoms with Crippen LogP contribution in [-0.2, 0) is 11.3 Å². The zero-order valence-corrected chi connectivity index (χ0v) is 14.7. The van der Waals surface area contributed by atoms with Gasteiger partial charge in [0.25, 0.3) is 0 Å². The van der Waals surface area contributed by atoms with Crippen molar-refractivity contribution in [3.05, 3.63) is 72.2 Å². The molecule has 0 bridgehead atoms. The summed E-state index contributed by atoms with van der Waals surface area (Å²) >= 11 is 1.77. The number of anilines is 1. The van der Waals surface area contributed by atoms with Gasteiger partial charge in [-0.15, -0.1) is 0 Å². The third-order valence-corrected chi connectivity index (χ3v) is 5.02. The number of halogens is 1. The molecule has 0 radical (unpaired) electrons. The van der Waals surface area contributed by atoms with Gasteiger partial charge in [-0.3, -0.25) is 4.79 Å². The van der Waals surface area contributed by atoms with E-state index >= 15 is 0 Å². The Labute approximate surface area is 154 Å². The lowest BCUT2D eigenvalue weighted by Crippen LogP contribution is -2.07. The van der Waals surface area contributed by atoms with Crippen molar-refractivity contribution in [2.75, 3.05) is 11.1 Å². The first-order valence-electron chi connectivity index (χ1n) is 8.22. The van der Waals surface area contributed by atoms with E-state index in [4.69, 9.17) is 0 Å². The van der Waals surface area contributed by atoms with Crippen LogP contribution in [0.1, 0.15) is 5.56 Å². The molecule has 1 aliphatic rings. The second-order valence-electron chi connectivity index (χ2n) is 5.90. The summed E-state index contributed by atoms with van der Waals surface area (Å²) in [5.74, 6) is 0.548. The van der Waals surface area contributed by atoms with Gasteiger partial charge in [0.15, 0.2) is 5.16 Å². The van der Waals surface area contributed by atoms with E-state index < -0.39 is 0 Å². The Morgan fingerprint density at radius 1 is 1.15 bits per heavy atom. The van der Waals surface area contributed by atoms with Crippen molar-refractivity contribution < 1.29 is 9.18 Å². The molecule has 4 nitrogen and oxygen atoms in total. The summed E-state index contributed by atoms with van der Waals surface area (Å²) in [6.45, 7) is 1.00. The molecule has 0 atom stereocenters. The fourth-order valence-electron chi connectivity index (χ4n) is 2.70. The molecule has 4 rings (SSSR count). The summed E-state index contributed by atoms with van der Waals surface area (Å²) in [5, 5.41) is 3.87. The summed E-state index contributed by atoms with van der Waals surface area (Å²) in [6, 6.07) is 13.6. The summed E-state index contributed by atoms with van der Waals surface area (Å²) in [5.41, 5.74) is 3.44. The van der Waals surface area contributed by atoms with Gasteiger partial charge in [0.1, 0.15) is 5.82 Å². The number of aryl methyl sites for hydroxylation is 1. The number of aromatic nitrogens is 2. The number of thioether (sulfide) groups is 1. The number of hydrogen-bond donors (Lipinski definition) is 1. The number of carbonyl (C=O) groups excluding carboxylic acids is 1. The Morgan fingerprint density at radius 3 is 2.65 bits per heavy atom. The molecule has 130 valence electrons. The van der Waals surface area contributed by atoms with Gasteiger partial charge in [-0.05, 0) is 35.9 Å². The third-order valence-electron chi connectivity index (χ3n) is 4.05. The van der Waals surface area contributed by atoms with E-state index in [0.29, 0.717) is 5.69 Å². The Morgan fingerprint density at radius 2 is 1.92 bits per heavy atom. The van der Waals surface area contributed by atoms with E-state index in [2.05, 4.69) is 21.1 Å². The van der Waals surface area contributed by atoms with Gasteiger partial charge in [-0.25, -0.2) is 9.37 Å². The second kappa shape index (κ2) is 7.17.